The van der Waals surface area contributed by atoms with Crippen LogP contribution in [0, 0.1) is 15.0 Å². The van der Waals surface area contributed by atoms with Crippen molar-refractivity contribution in [3.63, 3.8) is 0 Å². The zero-order chi connectivity index (χ0) is 18.3. The van der Waals surface area contributed by atoms with Gasteiger partial charge in [0.25, 0.3) is 10.5 Å². The summed E-state index contributed by atoms with van der Waals surface area (Å²) in [6.45, 7) is 3.62. The van der Waals surface area contributed by atoms with Gasteiger partial charge in [-0.1, -0.05) is 6.07 Å². The van der Waals surface area contributed by atoms with Crippen molar-refractivity contribution in [3.05, 3.63) is 61.1 Å². The van der Waals surface area contributed by atoms with Crippen molar-refractivity contribution in [1.29, 1.82) is 0 Å². The zero-order valence-corrected chi connectivity index (χ0v) is 15.6. The molecular weight excluding hydrogens is 372 g/mol. The van der Waals surface area contributed by atoms with E-state index in [9.17, 15) is 10.1 Å². The third-order valence-electron chi connectivity index (χ3n) is 4.63. The summed E-state index contributed by atoms with van der Waals surface area (Å²) in [5.74, 6) is 0.291. The van der Waals surface area contributed by atoms with E-state index in [1.807, 2.05) is 0 Å². The van der Waals surface area contributed by atoms with Crippen molar-refractivity contribution in [3.8, 4) is 11.5 Å². The van der Waals surface area contributed by atoms with Crippen LogP contribution in [0.25, 0.3) is 11.5 Å². The van der Waals surface area contributed by atoms with E-state index in [1.165, 1.54) is 22.6 Å². The van der Waals surface area contributed by atoms with E-state index in [4.69, 9.17) is 16.6 Å². The van der Waals surface area contributed by atoms with Gasteiger partial charge in [-0.2, -0.15) is 0 Å². The molecule has 0 fully saturated rings. The van der Waals surface area contributed by atoms with Crippen LogP contribution in [0.5, 0.6) is 0 Å². The fourth-order valence-electron chi connectivity index (χ4n) is 3.19. The number of hydrogen-bond acceptors (Lipinski definition) is 7. The Kier molecular flexibility index (Phi) is 4.43. The number of aromatic nitrogens is 2. The first-order valence-corrected chi connectivity index (χ1v) is 9.45. The smallest absolute Gasteiger partial charge is 0.288 e. The lowest BCUT2D eigenvalue weighted by atomic mass is 10.0. The number of thiophene rings is 1. The molecule has 2 aromatic heterocycles. The van der Waals surface area contributed by atoms with Gasteiger partial charge in [0.15, 0.2) is 0 Å². The Morgan fingerprint density at radius 2 is 2.31 bits per heavy atom. The SMILES string of the molecule is C[C@H]1c2ccsc2CCN1Cn1nc(-c2cccc([N+](=O)[O-])c2)oc1=S. The van der Waals surface area contributed by atoms with Crippen molar-refractivity contribution in [2.45, 2.75) is 26.1 Å². The summed E-state index contributed by atoms with van der Waals surface area (Å²) in [6.07, 6.45) is 1.01. The molecule has 1 aliphatic heterocycles. The zero-order valence-electron chi connectivity index (χ0n) is 14.0. The third kappa shape index (κ3) is 3.09. The Labute approximate surface area is 158 Å². The summed E-state index contributed by atoms with van der Waals surface area (Å²) in [7, 11) is 0. The molecule has 26 heavy (non-hydrogen) atoms. The Morgan fingerprint density at radius 1 is 1.46 bits per heavy atom. The maximum absolute atomic E-state index is 11.0. The van der Waals surface area contributed by atoms with Gasteiger partial charge in [-0.3, -0.25) is 15.0 Å². The van der Waals surface area contributed by atoms with Crippen molar-refractivity contribution < 1.29 is 9.34 Å². The molecule has 3 heterocycles. The quantitative estimate of drug-likeness (QED) is 0.374. The monoisotopic (exact) mass is 388 g/mol. The average molecular weight is 388 g/mol. The highest BCUT2D eigenvalue weighted by molar-refractivity contribution is 7.71. The summed E-state index contributed by atoms with van der Waals surface area (Å²) in [6, 6.07) is 8.65. The first kappa shape index (κ1) is 17.1. The number of nitro benzene ring substituents is 1. The van der Waals surface area contributed by atoms with Crippen LogP contribution in [0.2, 0.25) is 0 Å². The summed E-state index contributed by atoms with van der Waals surface area (Å²) in [5, 5.41) is 17.5. The molecule has 0 unspecified atom stereocenters. The van der Waals surface area contributed by atoms with Crippen LogP contribution in [-0.2, 0) is 13.1 Å². The Bertz CT molecular complexity index is 1020. The lowest BCUT2D eigenvalue weighted by Crippen LogP contribution is -2.35. The van der Waals surface area contributed by atoms with Crippen LogP contribution in [0.4, 0.5) is 5.69 Å². The van der Waals surface area contributed by atoms with Gasteiger partial charge < -0.3 is 4.42 Å². The number of benzene rings is 1. The molecule has 0 bridgehead atoms. The van der Waals surface area contributed by atoms with E-state index < -0.39 is 4.92 Å². The number of nitrogens with zero attached hydrogens (tertiary/aromatic N) is 4. The number of nitro groups is 1. The fourth-order valence-corrected chi connectivity index (χ4v) is 4.33. The second kappa shape index (κ2) is 6.75. The second-order valence-corrected chi connectivity index (χ2v) is 7.51. The first-order valence-electron chi connectivity index (χ1n) is 8.16. The highest BCUT2D eigenvalue weighted by Gasteiger charge is 2.25. The molecule has 0 saturated heterocycles. The average Bonchev–Trinajstić information content (AvgIpc) is 3.25. The molecule has 9 heteroatoms. The van der Waals surface area contributed by atoms with Crippen LogP contribution in [0.3, 0.4) is 0 Å². The van der Waals surface area contributed by atoms with E-state index in [0.29, 0.717) is 18.1 Å². The molecule has 1 atom stereocenters. The lowest BCUT2D eigenvalue weighted by Gasteiger charge is -2.32. The molecule has 1 aliphatic rings. The topological polar surface area (TPSA) is 77.3 Å². The highest BCUT2D eigenvalue weighted by Crippen LogP contribution is 2.33. The van der Waals surface area contributed by atoms with E-state index in [2.05, 4.69) is 28.4 Å². The maximum atomic E-state index is 11.0. The van der Waals surface area contributed by atoms with Gasteiger partial charge in [-0.25, -0.2) is 4.68 Å². The molecule has 134 valence electrons. The summed E-state index contributed by atoms with van der Waals surface area (Å²) in [5.41, 5.74) is 1.89. The molecular formula is C17H16N4O3S2. The van der Waals surface area contributed by atoms with E-state index in [-0.39, 0.29) is 16.6 Å². The minimum atomic E-state index is -0.442. The lowest BCUT2D eigenvalue weighted by molar-refractivity contribution is -0.384. The first-order chi connectivity index (χ1) is 12.5. The molecule has 0 radical (unpaired) electrons. The van der Waals surface area contributed by atoms with Gasteiger partial charge in [-0.05, 0) is 48.6 Å². The summed E-state index contributed by atoms with van der Waals surface area (Å²) >= 11 is 7.10. The number of rotatable bonds is 4. The van der Waals surface area contributed by atoms with Gasteiger partial charge >= 0.3 is 0 Å². The normalized spacial score (nSPS) is 17.2. The molecule has 4 rings (SSSR count). The number of hydrogen-bond donors (Lipinski definition) is 0. The largest absolute Gasteiger partial charge is 0.409 e. The summed E-state index contributed by atoms with van der Waals surface area (Å²) < 4.78 is 7.22. The van der Waals surface area contributed by atoms with E-state index in [0.717, 1.165) is 13.0 Å². The number of non-ortho nitro benzene ring substituents is 1. The second-order valence-electron chi connectivity index (χ2n) is 6.16. The van der Waals surface area contributed by atoms with Gasteiger partial charge in [0.05, 0.1) is 11.6 Å². The number of fused-ring (bicyclic) bond motifs is 1. The van der Waals surface area contributed by atoms with Crippen molar-refractivity contribution >= 4 is 29.2 Å². The van der Waals surface area contributed by atoms with Crippen LogP contribution in [0.1, 0.15) is 23.4 Å². The van der Waals surface area contributed by atoms with Crippen molar-refractivity contribution in [2.24, 2.45) is 0 Å². The van der Waals surface area contributed by atoms with Crippen LogP contribution >= 0.6 is 23.6 Å². The molecule has 0 aliphatic carbocycles. The minimum Gasteiger partial charge on any atom is -0.409 e. The molecule has 0 saturated carbocycles. The van der Waals surface area contributed by atoms with E-state index >= 15 is 0 Å². The Balaban J connectivity index is 1.59. The van der Waals surface area contributed by atoms with Crippen LogP contribution in [0.15, 0.2) is 40.1 Å². The van der Waals surface area contributed by atoms with Crippen molar-refractivity contribution in [1.82, 2.24) is 14.7 Å². The summed E-state index contributed by atoms with van der Waals surface area (Å²) in [4.78, 5) is 14.5. The van der Waals surface area contributed by atoms with Crippen LogP contribution in [-0.4, -0.2) is 26.1 Å². The predicted molar refractivity (Wildman–Crippen MR) is 101 cm³/mol. The third-order valence-corrected chi connectivity index (χ3v) is 5.92. The fraction of sp³-hybridized carbons (Fsp3) is 0.294. The molecule has 1 aromatic carbocycles. The standard InChI is InChI=1S/C17H16N4O3S2/c1-11-14-6-8-26-15(14)5-7-19(11)10-20-17(25)24-16(18-20)12-3-2-4-13(9-12)21(22)23/h2-4,6,8-9,11H,5,7,10H2,1H3/t11-/m0/s1. The van der Waals surface area contributed by atoms with Gasteiger partial charge in [0.1, 0.15) is 0 Å². The Hall–Kier alpha value is -2.36. The molecule has 0 amide bonds. The maximum Gasteiger partial charge on any atom is 0.288 e. The van der Waals surface area contributed by atoms with Gasteiger partial charge in [0.2, 0.25) is 5.89 Å². The predicted octanol–water partition coefficient (Wildman–Crippen LogP) is 4.42. The Morgan fingerprint density at radius 3 is 3.12 bits per heavy atom. The van der Waals surface area contributed by atoms with Crippen LogP contribution < -0.4 is 0 Å². The molecule has 0 spiro atoms. The molecule has 7 nitrogen and oxygen atoms in total. The van der Waals surface area contributed by atoms with Crippen molar-refractivity contribution in [2.75, 3.05) is 6.54 Å². The van der Waals surface area contributed by atoms with Gasteiger partial charge in [-0.15, -0.1) is 16.4 Å². The molecule has 0 N–H and O–H groups in total. The highest BCUT2D eigenvalue weighted by atomic mass is 32.1. The van der Waals surface area contributed by atoms with E-state index in [1.54, 1.807) is 28.2 Å². The minimum absolute atomic E-state index is 0.00666. The molecule has 3 aromatic rings. The van der Waals surface area contributed by atoms with Gasteiger partial charge in [0, 0.05) is 35.2 Å².